The molecule has 0 amide bonds. The fourth-order valence-electron chi connectivity index (χ4n) is 3.00. The van der Waals surface area contributed by atoms with Crippen molar-refractivity contribution in [1.82, 2.24) is 15.1 Å². The Morgan fingerprint density at radius 2 is 2.06 bits per heavy atom. The van der Waals surface area contributed by atoms with Crippen LogP contribution in [0.4, 0.5) is 0 Å². The van der Waals surface area contributed by atoms with Gasteiger partial charge in [0.05, 0.1) is 0 Å². The molecule has 102 valence electrons. The van der Waals surface area contributed by atoms with E-state index in [-0.39, 0.29) is 0 Å². The molecule has 1 fully saturated rings. The van der Waals surface area contributed by atoms with Crippen LogP contribution >= 0.6 is 0 Å². The monoisotopic (exact) mass is 241 g/mol. The molecule has 0 aromatic heterocycles. The van der Waals surface area contributed by atoms with E-state index in [0.717, 1.165) is 12.5 Å². The van der Waals surface area contributed by atoms with Crippen LogP contribution in [0.25, 0.3) is 0 Å². The van der Waals surface area contributed by atoms with E-state index < -0.39 is 0 Å². The SMILES string of the molecule is CNCC1CCCN(CCCN(C)C)C1(C)C. The van der Waals surface area contributed by atoms with Crippen LogP contribution in [-0.2, 0) is 0 Å². The molecule has 1 aliphatic rings. The van der Waals surface area contributed by atoms with Crippen LogP contribution in [-0.4, -0.2) is 62.7 Å². The molecule has 1 saturated heterocycles. The van der Waals surface area contributed by atoms with E-state index in [9.17, 15) is 0 Å². The lowest BCUT2D eigenvalue weighted by Crippen LogP contribution is -2.55. The molecule has 17 heavy (non-hydrogen) atoms. The van der Waals surface area contributed by atoms with Crippen molar-refractivity contribution in [2.24, 2.45) is 5.92 Å². The van der Waals surface area contributed by atoms with Gasteiger partial charge in [-0.2, -0.15) is 0 Å². The van der Waals surface area contributed by atoms with Crippen LogP contribution in [0, 0.1) is 5.92 Å². The van der Waals surface area contributed by atoms with Crippen molar-refractivity contribution >= 4 is 0 Å². The fraction of sp³-hybridized carbons (Fsp3) is 1.00. The summed E-state index contributed by atoms with van der Waals surface area (Å²) in [7, 11) is 6.39. The van der Waals surface area contributed by atoms with Crippen LogP contribution in [0.5, 0.6) is 0 Å². The minimum absolute atomic E-state index is 0.355. The molecule has 0 radical (unpaired) electrons. The molecule has 3 nitrogen and oxygen atoms in total. The number of nitrogens with zero attached hydrogens (tertiary/aromatic N) is 2. The topological polar surface area (TPSA) is 18.5 Å². The molecule has 1 N–H and O–H groups in total. The van der Waals surface area contributed by atoms with E-state index in [2.05, 4.69) is 50.1 Å². The van der Waals surface area contributed by atoms with Gasteiger partial charge in [0, 0.05) is 5.54 Å². The van der Waals surface area contributed by atoms with Crippen molar-refractivity contribution in [2.75, 3.05) is 47.3 Å². The van der Waals surface area contributed by atoms with E-state index in [1.807, 2.05) is 0 Å². The number of hydrogen-bond acceptors (Lipinski definition) is 3. The van der Waals surface area contributed by atoms with E-state index >= 15 is 0 Å². The number of nitrogens with one attached hydrogen (secondary N) is 1. The van der Waals surface area contributed by atoms with Crippen molar-refractivity contribution in [1.29, 1.82) is 0 Å². The molecule has 1 unspecified atom stereocenters. The molecule has 1 rings (SSSR count). The predicted octanol–water partition coefficient (Wildman–Crippen LogP) is 1.65. The molecular formula is C14H31N3. The summed E-state index contributed by atoms with van der Waals surface area (Å²) >= 11 is 0. The van der Waals surface area contributed by atoms with Crippen molar-refractivity contribution in [3.63, 3.8) is 0 Å². The van der Waals surface area contributed by atoms with Crippen LogP contribution in [0.1, 0.15) is 33.1 Å². The summed E-state index contributed by atoms with van der Waals surface area (Å²) in [6, 6.07) is 0. The predicted molar refractivity (Wildman–Crippen MR) is 75.5 cm³/mol. The van der Waals surface area contributed by atoms with Gasteiger partial charge in [0.1, 0.15) is 0 Å². The largest absolute Gasteiger partial charge is 0.319 e. The van der Waals surface area contributed by atoms with Gasteiger partial charge < -0.3 is 10.2 Å². The van der Waals surface area contributed by atoms with Crippen molar-refractivity contribution in [3.05, 3.63) is 0 Å². The molecule has 0 aromatic carbocycles. The van der Waals surface area contributed by atoms with E-state index in [1.165, 1.54) is 38.9 Å². The van der Waals surface area contributed by atoms with Gasteiger partial charge in [-0.05, 0) is 86.3 Å². The van der Waals surface area contributed by atoms with Crippen molar-refractivity contribution in [2.45, 2.75) is 38.6 Å². The molecular weight excluding hydrogens is 210 g/mol. The minimum atomic E-state index is 0.355. The van der Waals surface area contributed by atoms with Crippen LogP contribution in [0.3, 0.4) is 0 Å². The van der Waals surface area contributed by atoms with Gasteiger partial charge in [0.15, 0.2) is 0 Å². The van der Waals surface area contributed by atoms with E-state index in [4.69, 9.17) is 0 Å². The summed E-state index contributed by atoms with van der Waals surface area (Å²) in [4.78, 5) is 4.98. The second kappa shape index (κ2) is 6.72. The van der Waals surface area contributed by atoms with Gasteiger partial charge in [-0.15, -0.1) is 0 Å². The molecule has 0 bridgehead atoms. The van der Waals surface area contributed by atoms with Gasteiger partial charge in [-0.25, -0.2) is 0 Å². The minimum Gasteiger partial charge on any atom is -0.319 e. The zero-order chi connectivity index (χ0) is 12.9. The van der Waals surface area contributed by atoms with Gasteiger partial charge in [0.25, 0.3) is 0 Å². The molecule has 0 aliphatic carbocycles. The van der Waals surface area contributed by atoms with E-state index in [0.29, 0.717) is 5.54 Å². The Morgan fingerprint density at radius 1 is 1.35 bits per heavy atom. The van der Waals surface area contributed by atoms with Crippen LogP contribution < -0.4 is 5.32 Å². The standard InChI is InChI=1S/C14H31N3/c1-14(2)13(12-15-3)8-6-10-17(14)11-7-9-16(4)5/h13,15H,6-12H2,1-5H3. The first-order valence-electron chi connectivity index (χ1n) is 7.03. The highest BCUT2D eigenvalue weighted by atomic mass is 15.2. The first-order valence-corrected chi connectivity index (χ1v) is 7.03. The Hall–Kier alpha value is -0.120. The average molecular weight is 241 g/mol. The third-order valence-electron chi connectivity index (χ3n) is 4.28. The Labute approximate surface area is 108 Å². The fourth-order valence-corrected chi connectivity index (χ4v) is 3.00. The second-order valence-electron chi connectivity index (χ2n) is 6.19. The number of piperidine rings is 1. The summed E-state index contributed by atoms with van der Waals surface area (Å²) in [5, 5.41) is 3.35. The quantitative estimate of drug-likeness (QED) is 0.763. The van der Waals surface area contributed by atoms with E-state index in [1.54, 1.807) is 0 Å². The van der Waals surface area contributed by atoms with Crippen molar-refractivity contribution < 1.29 is 0 Å². The third kappa shape index (κ3) is 4.23. The van der Waals surface area contributed by atoms with Gasteiger partial charge in [-0.1, -0.05) is 0 Å². The Morgan fingerprint density at radius 3 is 2.65 bits per heavy atom. The van der Waals surface area contributed by atoms with Gasteiger partial charge in [-0.3, -0.25) is 4.90 Å². The average Bonchev–Trinajstić information content (AvgIpc) is 2.23. The summed E-state index contributed by atoms with van der Waals surface area (Å²) in [5.41, 5.74) is 0.355. The molecule has 3 heteroatoms. The third-order valence-corrected chi connectivity index (χ3v) is 4.28. The maximum atomic E-state index is 3.35. The lowest BCUT2D eigenvalue weighted by atomic mass is 9.79. The lowest BCUT2D eigenvalue weighted by molar-refractivity contribution is 0.0208. The normalized spacial score (nSPS) is 25.4. The summed E-state index contributed by atoms with van der Waals surface area (Å²) in [5.74, 6) is 0.792. The molecule has 0 saturated carbocycles. The Kier molecular flexibility index (Phi) is 5.90. The first-order chi connectivity index (χ1) is 7.98. The molecule has 1 heterocycles. The first kappa shape index (κ1) is 14.9. The smallest absolute Gasteiger partial charge is 0.0193 e. The zero-order valence-corrected chi connectivity index (χ0v) is 12.4. The highest BCUT2D eigenvalue weighted by molar-refractivity contribution is 4.93. The molecule has 0 spiro atoms. The van der Waals surface area contributed by atoms with Gasteiger partial charge >= 0.3 is 0 Å². The molecule has 0 aromatic rings. The summed E-state index contributed by atoms with van der Waals surface area (Å²) < 4.78 is 0. The highest BCUT2D eigenvalue weighted by Gasteiger charge is 2.37. The summed E-state index contributed by atoms with van der Waals surface area (Å²) in [6.45, 7) is 9.71. The number of hydrogen-bond donors (Lipinski definition) is 1. The van der Waals surface area contributed by atoms with Gasteiger partial charge in [0.2, 0.25) is 0 Å². The summed E-state index contributed by atoms with van der Waals surface area (Å²) in [6.07, 6.45) is 4.01. The number of likely N-dealkylation sites (tertiary alicyclic amines) is 1. The van der Waals surface area contributed by atoms with Crippen molar-refractivity contribution in [3.8, 4) is 0 Å². The van der Waals surface area contributed by atoms with Crippen LogP contribution in [0.15, 0.2) is 0 Å². The maximum absolute atomic E-state index is 3.35. The molecule has 1 aliphatic heterocycles. The second-order valence-corrected chi connectivity index (χ2v) is 6.19. The van der Waals surface area contributed by atoms with Crippen LogP contribution in [0.2, 0.25) is 0 Å². The maximum Gasteiger partial charge on any atom is 0.0193 e. The molecule has 1 atom stereocenters. The Bertz CT molecular complexity index is 212. The zero-order valence-electron chi connectivity index (χ0n) is 12.4. The lowest BCUT2D eigenvalue weighted by Gasteiger charge is -2.48. The highest BCUT2D eigenvalue weighted by Crippen LogP contribution is 2.32. The number of rotatable bonds is 6. The Balaban J connectivity index is 2.46.